The van der Waals surface area contributed by atoms with E-state index in [2.05, 4.69) is 20.9 Å². The number of fused-ring (bicyclic) bond motifs is 1. The molecule has 0 radical (unpaired) electrons. The average Bonchev–Trinajstić information content (AvgIpc) is 2.93. The van der Waals surface area contributed by atoms with Crippen molar-refractivity contribution >= 4 is 44.3 Å². The summed E-state index contributed by atoms with van der Waals surface area (Å²) >= 11 is 5.03. The summed E-state index contributed by atoms with van der Waals surface area (Å²) < 4.78 is 3.01. The number of hydrogen-bond acceptors (Lipinski definition) is 3. The lowest BCUT2D eigenvalue weighted by Gasteiger charge is -1.99. The van der Waals surface area contributed by atoms with Gasteiger partial charge < -0.3 is 9.67 Å². The van der Waals surface area contributed by atoms with Gasteiger partial charge in [-0.2, -0.15) is 0 Å². The van der Waals surface area contributed by atoms with Crippen LogP contribution in [0.4, 0.5) is 0 Å². The fraction of sp³-hybridized carbons (Fsp3) is 0.0769. The monoisotopic (exact) mass is 336 g/mol. The van der Waals surface area contributed by atoms with E-state index in [0.29, 0.717) is 5.52 Å². The van der Waals surface area contributed by atoms with Gasteiger partial charge in [-0.15, -0.1) is 11.3 Å². The molecule has 96 valence electrons. The third kappa shape index (κ3) is 2.06. The van der Waals surface area contributed by atoms with Crippen LogP contribution < -0.4 is 0 Å². The number of hydrogen-bond donors (Lipinski definition) is 1. The van der Waals surface area contributed by atoms with Crippen molar-refractivity contribution < 1.29 is 9.90 Å². The van der Waals surface area contributed by atoms with Gasteiger partial charge >= 0.3 is 5.97 Å². The number of carboxylic acid groups (broad SMARTS) is 1. The summed E-state index contributed by atoms with van der Waals surface area (Å²) in [6.45, 7) is 0. The van der Waals surface area contributed by atoms with Crippen molar-refractivity contribution in [1.29, 1.82) is 0 Å². The van der Waals surface area contributed by atoms with Gasteiger partial charge in [0.05, 0.1) is 25.3 Å². The van der Waals surface area contributed by atoms with Gasteiger partial charge in [-0.1, -0.05) is 0 Å². The first kappa shape index (κ1) is 12.4. The van der Waals surface area contributed by atoms with Crippen LogP contribution in [0.25, 0.3) is 21.7 Å². The summed E-state index contributed by atoms with van der Waals surface area (Å²) in [5.41, 5.74) is 1.87. The number of halogens is 1. The summed E-state index contributed by atoms with van der Waals surface area (Å²) in [6, 6.07) is 8.96. The number of rotatable bonds is 2. The van der Waals surface area contributed by atoms with E-state index < -0.39 is 5.97 Å². The minimum atomic E-state index is -0.937. The molecule has 19 heavy (non-hydrogen) atoms. The molecular weight excluding hydrogens is 328 g/mol. The van der Waals surface area contributed by atoms with Gasteiger partial charge in [-0.05, 0) is 46.3 Å². The van der Waals surface area contributed by atoms with Gasteiger partial charge in [0.2, 0.25) is 0 Å². The Morgan fingerprint density at radius 2 is 2.16 bits per heavy atom. The lowest BCUT2D eigenvalue weighted by atomic mass is 10.2. The molecule has 3 aromatic rings. The Bertz CT molecular complexity index is 791. The first-order valence-electron chi connectivity index (χ1n) is 5.52. The highest BCUT2D eigenvalue weighted by Crippen LogP contribution is 2.32. The number of carboxylic acids is 1. The predicted octanol–water partition coefficient (Wildman–Crippen LogP) is 3.76. The molecule has 0 saturated heterocycles. The maximum atomic E-state index is 11.0. The molecule has 2 heterocycles. The SMILES string of the molecule is Cn1c(-c2ccc(Br)s2)nc2cc(C(=O)O)ccc21. The number of aromatic carboxylic acids is 1. The molecule has 0 bridgehead atoms. The quantitative estimate of drug-likeness (QED) is 0.775. The standard InChI is InChI=1S/C13H9BrN2O2S/c1-16-9-3-2-7(13(17)18)6-8(9)15-12(16)10-4-5-11(14)19-10/h2-6H,1H3,(H,17,18). The largest absolute Gasteiger partial charge is 0.478 e. The molecule has 3 rings (SSSR count). The maximum absolute atomic E-state index is 11.0. The highest BCUT2D eigenvalue weighted by atomic mass is 79.9. The van der Waals surface area contributed by atoms with E-state index in [9.17, 15) is 4.79 Å². The summed E-state index contributed by atoms with van der Waals surface area (Å²) in [5, 5.41) is 9.00. The molecule has 0 spiro atoms. The van der Waals surface area contributed by atoms with Crippen LogP contribution in [0, 0.1) is 0 Å². The Morgan fingerprint density at radius 3 is 2.79 bits per heavy atom. The van der Waals surface area contributed by atoms with Crippen LogP contribution in [0.3, 0.4) is 0 Å². The Labute approximate surface area is 121 Å². The normalized spacial score (nSPS) is 11.1. The topological polar surface area (TPSA) is 55.1 Å². The lowest BCUT2D eigenvalue weighted by molar-refractivity contribution is 0.0697. The van der Waals surface area contributed by atoms with Gasteiger partial charge in [0.25, 0.3) is 0 Å². The molecule has 6 heteroatoms. The molecule has 4 nitrogen and oxygen atoms in total. The Hall–Kier alpha value is -1.66. The number of aryl methyl sites for hydroxylation is 1. The molecule has 0 unspecified atom stereocenters. The fourth-order valence-electron chi connectivity index (χ4n) is 1.99. The van der Waals surface area contributed by atoms with E-state index in [1.54, 1.807) is 29.5 Å². The second kappa shape index (κ2) is 4.47. The van der Waals surface area contributed by atoms with Crippen molar-refractivity contribution in [2.45, 2.75) is 0 Å². The van der Waals surface area contributed by atoms with Crippen LogP contribution in [0.5, 0.6) is 0 Å². The van der Waals surface area contributed by atoms with E-state index in [1.165, 1.54) is 0 Å². The van der Waals surface area contributed by atoms with Crippen LogP contribution in [-0.4, -0.2) is 20.6 Å². The zero-order valence-corrected chi connectivity index (χ0v) is 12.3. The molecule has 2 aromatic heterocycles. The Balaban J connectivity index is 2.22. The third-order valence-electron chi connectivity index (χ3n) is 2.92. The van der Waals surface area contributed by atoms with Crippen molar-refractivity contribution in [3.63, 3.8) is 0 Å². The Morgan fingerprint density at radius 1 is 1.37 bits per heavy atom. The number of thiophene rings is 1. The molecule has 0 fully saturated rings. The second-order valence-corrected chi connectivity index (χ2v) is 6.57. The molecular formula is C13H9BrN2O2S. The molecule has 0 atom stereocenters. The zero-order valence-electron chi connectivity index (χ0n) is 9.92. The zero-order chi connectivity index (χ0) is 13.6. The van der Waals surface area contributed by atoms with Crippen molar-refractivity contribution in [2.75, 3.05) is 0 Å². The number of imidazole rings is 1. The molecule has 0 aliphatic heterocycles. The Kier molecular flexibility index (Phi) is 2.91. The van der Waals surface area contributed by atoms with Crippen LogP contribution >= 0.6 is 27.3 Å². The predicted molar refractivity (Wildman–Crippen MR) is 78.7 cm³/mol. The summed E-state index contributed by atoms with van der Waals surface area (Å²) in [6.07, 6.45) is 0. The number of aromatic nitrogens is 2. The molecule has 1 aromatic carbocycles. The van der Waals surface area contributed by atoms with Crippen molar-refractivity contribution in [3.05, 3.63) is 39.7 Å². The van der Waals surface area contributed by atoms with E-state index in [1.807, 2.05) is 23.7 Å². The van der Waals surface area contributed by atoms with Gasteiger partial charge in [-0.3, -0.25) is 0 Å². The third-order valence-corrected chi connectivity index (χ3v) is 4.54. The number of benzene rings is 1. The van der Waals surface area contributed by atoms with Gasteiger partial charge in [0, 0.05) is 7.05 Å². The highest BCUT2D eigenvalue weighted by Gasteiger charge is 2.13. The fourth-order valence-corrected chi connectivity index (χ4v) is 3.40. The van der Waals surface area contributed by atoms with E-state index in [-0.39, 0.29) is 5.56 Å². The summed E-state index contributed by atoms with van der Waals surface area (Å²) in [5.74, 6) is -0.0961. The molecule has 0 amide bonds. The minimum absolute atomic E-state index is 0.254. The van der Waals surface area contributed by atoms with Gasteiger partial charge in [0.15, 0.2) is 5.82 Å². The molecule has 1 N–H and O–H groups in total. The highest BCUT2D eigenvalue weighted by molar-refractivity contribution is 9.11. The first-order valence-corrected chi connectivity index (χ1v) is 7.12. The van der Waals surface area contributed by atoms with E-state index in [0.717, 1.165) is 20.0 Å². The van der Waals surface area contributed by atoms with Crippen LogP contribution in [0.2, 0.25) is 0 Å². The van der Waals surface area contributed by atoms with Crippen molar-refractivity contribution in [2.24, 2.45) is 7.05 Å². The second-order valence-electron chi connectivity index (χ2n) is 4.11. The summed E-state index contributed by atoms with van der Waals surface area (Å²) in [7, 11) is 1.93. The van der Waals surface area contributed by atoms with Gasteiger partial charge in [-0.25, -0.2) is 9.78 Å². The average molecular weight is 337 g/mol. The minimum Gasteiger partial charge on any atom is -0.478 e. The molecule has 0 aliphatic carbocycles. The molecule has 0 saturated carbocycles. The summed E-state index contributed by atoms with van der Waals surface area (Å²) in [4.78, 5) is 16.5. The van der Waals surface area contributed by atoms with Crippen molar-refractivity contribution in [1.82, 2.24) is 9.55 Å². The number of carbonyl (C=O) groups is 1. The van der Waals surface area contributed by atoms with Crippen molar-refractivity contribution in [3.8, 4) is 10.7 Å². The van der Waals surface area contributed by atoms with E-state index >= 15 is 0 Å². The van der Waals surface area contributed by atoms with Gasteiger partial charge in [0.1, 0.15) is 0 Å². The van der Waals surface area contributed by atoms with E-state index in [4.69, 9.17) is 5.11 Å². The lowest BCUT2D eigenvalue weighted by Crippen LogP contribution is -1.95. The number of nitrogens with zero attached hydrogens (tertiary/aromatic N) is 2. The maximum Gasteiger partial charge on any atom is 0.335 e. The van der Waals surface area contributed by atoms with Crippen LogP contribution in [0.15, 0.2) is 34.1 Å². The van der Waals surface area contributed by atoms with Crippen LogP contribution in [-0.2, 0) is 7.05 Å². The van der Waals surface area contributed by atoms with Crippen LogP contribution in [0.1, 0.15) is 10.4 Å². The molecule has 0 aliphatic rings. The first-order chi connectivity index (χ1) is 9.06. The smallest absolute Gasteiger partial charge is 0.335 e.